The van der Waals surface area contributed by atoms with Gasteiger partial charge < -0.3 is 4.74 Å². The molecule has 0 fully saturated rings. The van der Waals surface area contributed by atoms with Crippen molar-refractivity contribution in [2.45, 2.75) is 27.2 Å². The van der Waals surface area contributed by atoms with Crippen LogP contribution >= 0.6 is 11.5 Å². The molecule has 1 aromatic heterocycles. The van der Waals surface area contributed by atoms with Crippen molar-refractivity contribution in [2.75, 3.05) is 6.61 Å². The van der Waals surface area contributed by atoms with Gasteiger partial charge in [-0.2, -0.15) is 9.36 Å². The maximum Gasteiger partial charge on any atom is 0.293 e. The fourth-order valence-corrected chi connectivity index (χ4v) is 1.48. The van der Waals surface area contributed by atoms with Crippen molar-refractivity contribution < 1.29 is 4.74 Å². The molecule has 0 aliphatic heterocycles. The lowest BCUT2D eigenvalue weighted by Crippen LogP contribution is -1.96. The van der Waals surface area contributed by atoms with E-state index < -0.39 is 0 Å². The molecule has 0 saturated heterocycles. The van der Waals surface area contributed by atoms with Crippen molar-refractivity contribution in [3.63, 3.8) is 0 Å². The first-order chi connectivity index (χ1) is 5.72. The van der Waals surface area contributed by atoms with Crippen molar-refractivity contribution in [1.29, 1.82) is 0 Å². The highest BCUT2D eigenvalue weighted by Crippen LogP contribution is 2.15. The highest BCUT2D eigenvalue weighted by atomic mass is 32.1. The molecule has 1 heterocycles. The number of ether oxygens (including phenoxy) is 1. The molecule has 0 N–H and O–H groups in total. The third kappa shape index (κ3) is 2.77. The summed E-state index contributed by atoms with van der Waals surface area (Å²) < 4.78 is 9.39. The minimum absolute atomic E-state index is 0.606. The average molecular weight is 186 g/mol. The third-order valence-electron chi connectivity index (χ3n) is 1.31. The number of aromatic nitrogens is 2. The van der Waals surface area contributed by atoms with Gasteiger partial charge in [0.25, 0.3) is 5.19 Å². The third-order valence-corrected chi connectivity index (χ3v) is 1.98. The van der Waals surface area contributed by atoms with E-state index in [0.29, 0.717) is 17.7 Å². The van der Waals surface area contributed by atoms with Crippen molar-refractivity contribution in [3.8, 4) is 5.19 Å². The first kappa shape index (κ1) is 9.45. The topological polar surface area (TPSA) is 35.0 Å². The fourth-order valence-electron chi connectivity index (χ4n) is 0.868. The van der Waals surface area contributed by atoms with Crippen LogP contribution in [0.3, 0.4) is 0 Å². The number of hydrogen-bond acceptors (Lipinski definition) is 4. The van der Waals surface area contributed by atoms with Gasteiger partial charge in [-0.15, -0.1) is 0 Å². The quantitative estimate of drug-likeness (QED) is 0.722. The van der Waals surface area contributed by atoms with Gasteiger partial charge in [-0.3, -0.25) is 0 Å². The lowest BCUT2D eigenvalue weighted by Gasteiger charge is -1.97. The predicted molar refractivity (Wildman–Crippen MR) is 49.6 cm³/mol. The maximum atomic E-state index is 5.21. The van der Waals surface area contributed by atoms with E-state index in [1.165, 1.54) is 11.5 Å². The van der Waals surface area contributed by atoms with Crippen molar-refractivity contribution in [2.24, 2.45) is 5.92 Å². The van der Waals surface area contributed by atoms with Gasteiger partial charge in [0.2, 0.25) is 0 Å². The molecule has 0 unspecified atom stereocenters. The molecule has 3 nitrogen and oxygen atoms in total. The first-order valence-electron chi connectivity index (χ1n) is 4.17. The van der Waals surface area contributed by atoms with Crippen molar-refractivity contribution >= 4 is 11.5 Å². The standard InChI is InChI=1S/C8H14N2OS/c1-4-11-8-9-7(10-12-8)5-6(2)3/h6H,4-5H2,1-3H3. The van der Waals surface area contributed by atoms with Gasteiger partial charge in [-0.1, -0.05) is 13.8 Å². The molecule has 1 aromatic rings. The van der Waals surface area contributed by atoms with Crippen LogP contribution in [0.25, 0.3) is 0 Å². The molecule has 0 amide bonds. The Labute approximate surface area is 77.0 Å². The molecular weight excluding hydrogens is 172 g/mol. The van der Waals surface area contributed by atoms with Gasteiger partial charge in [-0.25, -0.2) is 0 Å². The van der Waals surface area contributed by atoms with E-state index in [1.807, 2.05) is 6.92 Å². The van der Waals surface area contributed by atoms with Crippen LogP contribution in [0.1, 0.15) is 26.6 Å². The zero-order chi connectivity index (χ0) is 8.97. The van der Waals surface area contributed by atoms with Crippen LogP contribution in [0.5, 0.6) is 5.19 Å². The summed E-state index contributed by atoms with van der Waals surface area (Å²) in [5.74, 6) is 1.51. The number of hydrogen-bond donors (Lipinski definition) is 0. The maximum absolute atomic E-state index is 5.21. The monoisotopic (exact) mass is 186 g/mol. The molecule has 0 aliphatic carbocycles. The fraction of sp³-hybridized carbons (Fsp3) is 0.750. The van der Waals surface area contributed by atoms with E-state index in [9.17, 15) is 0 Å². The summed E-state index contributed by atoms with van der Waals surface area (Å²) in [5, 5.41) is 0.688. The Balaban J connectivity index is 2.52. The normalized spacial score (nSPS) is 10.7. The van der Waals surface area contributed by atoms with E-state index >= 15 is 0 Å². The minimum Gasteiger partial charge on any atom is -0.469 e. The number of nitrogens with zero attached hydrogens (tertiary/aromatic N) is 2. The zero-order valence-corrected chi connectivity index (χ0v) is 8.52. The molecule has 0 spiro atoms. The molecule has 4 heteroatoms. The van der Waals surface area contributed by atoms with Crippen LogP contribution in [-0.2, 0) is 6.42 Å². The lowest BCUT2D eigenvalue weighted by atomic mass is 10.1. The Bertz CT molecular complexity index is 235. The zero-order valence-electron chi connectivity index (χ0n) is 7.70. The van der Waals surface area contributed by atoms with Crippen molar-refractivity contribution in [1.82, 2.24) is 9.36 Å². The second kappa shape index (κ2) is 4.40. The minimum atomic E-state index is 0.606. The summed E-state index contributed by atoms with van der Waals surface area (Å²) in [5.41, 5.74) is 0. The van der Waals surface area contributed by atoms with Gasteiger partial charge in [-0.05, 0) is 12.8 Å². The van der Waals surface area contributed by atoms with Gasteiger partial charge in [0.15, 0.2) is 0 Å². The van der Waals surface area contributed by atoms with Crippen LogP contribution in [0.4, 0.5) is 0 Å². The Morgan fingerprint density at radius 2 is 2.25 bits per heavy atom. The smallest absolute Gasteiger partial charge is 0.293 e. The summed E-state index contributed by atoms with van der Waals surface area (Å²) in [4.78, 5) is 4.23. The Morgan fingerprint density at radius 1 is 1.50 bits per heavy atom. The lowest BCUT2D eigenvalue weighted by molar-refractivity contribution is 0.337. The highest BCUT2D eigenvalue weighted by molar-refractivity contribution is 7.07. The van der Waals surface area contributed by atoms with Crippen LogP contribution in [0.2, 0.25) is 0 Å². The molecule has 0 aromatic carbocycles. The van der Waals surface area contributed by atoms with Crippen LogP contribution in [0.15, 0.2) is 0 Å². The molecule has 0 aliphatic rings. The van der Waals surface area contributed by atoms with Gasteiger partial charge >= 0.3 is 0 Å². The Kier molecular flexibility index (Phi) is 3.47. The number of rotatable bonds is 4. The van der Waals surface area contributed by atoms with Gasteiger partial charge in [0.05, 0.1) is 6.61 Å². The molecule has 68 valence electrons. The van der Waals surface area contributed by atoms with E-state index in [4.69, 9.17) is 4.74 Å². The Morgan fingerprint density at radius 3 is 2.83 bits per heavy atom. The highest BCUT2D eigenvalue weighted by Gasteiger charge is 2.05. The van der Waals surface area contributed by atoms with Crippen LogP contribution in [-0.4, -0.2) is 16.0 Å². The summed E-state index contributed by atoms with van der Waals surface area (Å²) in [6, 6.07) is 0. The molecule has 0 saturated carbocycles. The summed E-state index contributed by atoms with van der Waals surface area (Å²) in [6.45, 7) is 6.92. The largest absolute Gasteiger partial charge is 0.469 e. The van der Waals surface area contributed by atoms with Crippen LogP contribution in [0, 0.1) is 5.92 Å². The molecule has 0 atom stereocenters. The molecule has 12 heavy (non-hydrogen) atoms. The predicted octanol–water partition coefficient (Wildman–Crippen LogP) is 2.14. The summed E-state index contributed by atoms with van der Waals surface area (Å²) >= 11 is 1.33. The van der Waals surface area contributed by atoms with Gasteiger partial charge in [0, 0.05) is 18.0 Å². The van der Waals surface area contributed by atoms with Crippen molar-refractivity contribution in [3.05, 3.63) is 5.82 Å². The van der Waals surface area contributed by atoms with E-state index in [0.717, 1.165) is 12.2 Å². The van der Waals surface area contributed by atoms with Crippen LogP contribution < -0.4 is 4.74 Å². The average Bonchev–Trinajstić information content (AvgIpc) is 2.36. The molecular formula is C8H14N2OS. The molecule has 1 rings (SSSR count). The van der Waals surface area contributed by atoms with Gasteiger partial charge in [0.1, 0.15) is 5.82 Å². The summed E-state index contributed by atoms with van der Waals surface area (Å²) in [7, 11) is 0. The molecule has 0 bridgehead atoms. The van der Waals surface area contributed by atoms with E-state index in [2.05, 4.69) is 23.2 Å². The van der Waals surface area contributed by atoms with E-state index in [1.54, 1.807) is 0 Å². The SMILES string of the molecule is CCOc1nc(CC(C)C)ns1. The summed E-state index contributed by atoms with van der Waals surface area (Å²) in [6.07, 6.45) is 0.934. The Hall–Kier alpha value is -0.640. The second-order valence-electron chi connectivity index (χ2n) is 3.01. The van der Waals surface area contributed by atoms with E-state index in [-0.39, 0.29) is 0 Å². The molecule has 0 radical (unpaired) electrons. The first-order valence-corrected chi connectivity index (χ1v) is 4.95. The second-order valence-corrected chi connectivity index (χ2v) is 3.72.